The van der Waals surface area contributed by atoms with Crippen LogP contribution in [0, 0.1) is 5.82 Å². The predicted octanol–water partition coefficient (Wildman–Crippen LogP) is 3.92. The van der Waals surface area contributed by atoms with Crippen molar-refractivity contribution in [2.75, 3.05) is 19.7 Å². The topological polar surface area (TPSA) is 49.8 Å². The molecule has 1 amide bonds. The van der Waals surface area contributed by atoms with E-state index >= 15 is 0 Å². The molecule has 1 fully saturated rings. The number of ether oxygens (including phenoxy) is 1. The molecule has 0 aliphatic carbocycles. The van der Waals surface area contributed by atoms with Gasteiger partial charge >= 0.3 is 0 Å². The largest absolute Gasteiger partial charge is 0.491 e. The lowest BCUT2D eigenvalue weighted by atomic mass is 9.96. The minimum atomic E-state index is -1.01. The van der Waals surface area contributed by atoms with Gasteiger partial charge in [0.15, 0.2) is 0 Å². The summed E-state index contributed by atoms with van der Waals surface area (Å²) >= 11 is 5.87. The Morgan fingerprint density at radius 3 is 2.50 bits per heavy atom. The van der Waals surface area contributed by atoms with Crippen molar-refractivity contribution in [1.82, 2.24) is 4.90 Å². The van der Waals surface area contributed by atoms with Gasteiger partial charge in [0.1, 0.15) is 23.8 Å². The first-order valence-corrected chi connectivity index (χ1v) is 8.99. The van der Waals surface area contributed by atoms with Crippen LogP contribution < -0.4 is 4.74 Å². The van der Waals surface area contributed by atoms with E-state index in [2.05, 4.69) is 0 Å². The Morgan fingerprint density at radius 2 is 1.81 bits per heavy atom. The van der Waals surface area contributed by atoms with Crippen LogP contribution in [0.1, 0.15) is 29.6 Å². The zero-order chi connectivity index (χ0) is 18.6. The molecule has 3 rings (SSSR count). The molecule has 1 aliphatic heterocycles. The van der Waals surface area contributed by atoms with Crippen LogP contribution in [-0.4, -0.2) is 41.2 Å². The maximum Gasteiger partial charge on any atom is 0.253 e. The van der Waals surface area contributed by atoms with Crippen molar-refractivity contribution in [3.8, 4) is 5.75 Å². The van der Waals surface area contributed by atoms with Gasteiger partial charge in [-0.15, -0.1) is 0 Å². The number of hydrogen-bond acceptors (Lipinski definition) is 3. The summed E-state index contributed by atoms with van der Waals surface area (Å²) in [5.74, 6) is 0.116. The molecular weight excluding hydrogens is 357 g/mol. The third kappa shape index (κ3) is 4.74. The van der Waals surface area contributed by atoms with Crippen LogP contribution in [0.15, 0.2) is 48.5 Å². The molecule has 2 aromatic carbocycles. The normalized spacial score (nSPS) is 20.5. The lowest BCUT2D eigenvalue weighted by Gasteiger charge is -2.27. The van der Waals surface area contributed by atoms with E-state index < -0.39 is 5.60 Å². The molecule has 0 aromatic heterocycles. The first kappa shape index (κ1) is 18.7. The molecule has 1 unspecified atom stereocenters. The van der Waals surface area contributed by atoms with Crippen molar-refractivity contribution < 1.29 is 19.0 Å². The minimum Gasteiger partial charge on any atom is -0.491 e. The van der Waals surface area contributed by atoms with Crippen molar-refractivity contribution in [2.24, 2.45) is 0 Å². The molecule has 0 saturated carbocycles. The second-order valence-electron chi connectivity index (χ2n) is 6.62. The smallest absolute Gasteiger partial charge is 0.253 e. The first-order chi connectivity index (χ1) is 12.5. The molecule has 6 heteroatoms. The van der Waals surface area contributed by atoms with Gasteiger partial charge in [0, 0.05) is 23.7 Å². The van der Waals surface area contributed by atoms with Crippen LogP contribution in [0.3, 0.4) is 0 Å². The second kappa shape index (κ2) is 8.06. The van der Waals surface area contributed by atoms with Gasteiger partial charge in [-0.05, 0) is 67.8 Å². The number of carbonyl (C=O) groups is 1. The zero-order valence-corrected chi connectivity index (χ0v) is 15.1. The van der Waals surface area contributed by atoms with Gasteiger partial charge < -0.3 is 14.7 Å². The van der Waals surface area contributed by atoms with Gasteiger partial charge in [0.25, 0.3) is 5.91 Å². The third-order valence-corrected chi connectivity index (χ3v) is 4.87. The molecule has 0 radical (unpaired) electrons. The van der Waals surface area contributed by atoms with Crippen LogP contribution >= 0.6 is 11.6 Å². The number of hydrogen-bond donors (Lipinski definition) is 1. The summed E-state index contributed by atoms with van der Waals surface area (Å²) in [6, 6.07) is 12.5. The molecule has 4 nitrogen and oxygen atoms in total. The van der Waals surface area contributed by atoms with Crippen LogP contribution in [0.5, 0.6) is 5.75 Å². The van der Waals surface area contributed by atoms with Gasteiger partial charge in [-0.3, -0.25) is 4.79 Å². The van der Waals surface area contributed by atoms with Crippen molar-refractivity contribution >= 4 is 17.5 Å². The van der Waals surface area contributed by atoms with Gasteiger partial charge in [-0.25, -0.2) is 4.39 Å². The molecule has 1 N–H and O–H groups in total. The molecule has 1 aliphatic rings. The Hall–Kier alpha value is -2.11. The summed E-state index contributed by atoms with van der Waals surface area (Å²) in [6.07, 6.45) is 1.65. The van der Waals surface area contributed by atoms with Crippen molar-refractivity contribution in [3.05, 3.63) is 64.9 Å². The number of amides is 1. The Morgan fingerprint density at radius 1 is 1.12 bits per heavy atom. The lowest BCUT2D eigenvalue weighted by molar-refractivity contribution is -0.0163. The summed E-state index contributed by atoms with van der Waals surface area (Å²) in [6.45, 7) is 1.15. The minimum absolute atomic E-state index is 0.0645. The molecule has 0 spiro atoms. The zero-order valence-electron chi connectivity index (χ0n) is 14.3. The number of aliphatic hydroxyl groups is 1. The highest BCUT2D eigenvalue weighted by atomic mass is 35.5. The highest BCUT2D eigenvalue weighted by Crippen LogP contribution is 2.25. The van der Waals surface area contributed by atoms with E-state index in [0.29, 0.717) is 48.7 Å². The van der Waals surface area contributed by atoms with E-state index in [-0.39, 0.29) is 18.3 Å². The maximum atomic E-state index is 12.9. The fourth-order valence-electron chi connectivity index (χ4n) is 3.05. The average Bonchev–Trinajstić information content (AvgIpc) is 2.84. The van der Waals surface area contributed by atoms with Gasteiger partial charge in [-0.1, -0.05) is 11.6 Å². The standard InChI is InChI=1S/C20H21ClFNO3/c21-16-4-2-15(3-5-16)19(24)23-12-1-10-20(25,11-13-23)14-26-18-8-6-17(22)7-9-18/h2-9,25H,1,10-14H2. The molecule has 2 aromatic rings. The number of carbonyl (C=O) groups excluding carboxylic acids is 1. The quantitative estimate of drug-likeness (QED) is 0.878. The lowest BCUT2D eigenvalue weighted by Crippen LogP contribution is -2.38. The number of rotatable bonds is 4. The number of nitrogens with zero attached hydrogens (tertiary/aromatic N) is 1. The molecule has 1 atom stereocenters. The summed E-state index contributed by atoms with van der Waals surface area (Å²) in [5, 5.41) is 11.4. The SMILES string of the molecule is O=C(c1ccc(Cl)cc1)N1CCCC(O)(COc2ccc(F)cc2)CC1. The molecule has 1 heterocycles. The Balaban J connectivity index is 1.58. The van der Waals surface area contributed by atoms with E-state index in [1.54, 1.807) is 29.2 Å². The Labute approximate surface area is 157 Å². The van der Waals surface area contributed by atoms with E-state index in [1.165, 1.54) is 24.3 Å². The number of likely N-dealkylation sites (tertiary alicyclic amines) is 1. The molecule has 138 valence electrons. The highest BCUT2D eigenvalue weighted by Gasteiger charge is 2.32. The Kier molecular flexibility index (Phi) is 5.79. The van der Waals surface area contributed by atoms with E-state index in [4.69, 9.17) is 16.3 Å². The van der Waals surface area contributed by atoms with E-state index in [1.807, 2.05) is 0 Å². The summed E-state index contributed by atoms with van der Waals surface area (Å²) in [7, 11) is 0. The second-order valence-corrected chi connectivity index (χ2v) is 7.06. The van der Waals surface area contributed by atoms with E-state index in [9.17, 15) is 14.3 Å². The van der Waals surface area contributed by atoms with Gasteiger partial charge in [-0.2, -0.15) is 0 Å². The Bertz CT molecular complexity index is 751. The molecular formula is C20H21ClFNO3. The molecule has 0 bridgehead atoms. The highest BCUT2D eigenvalue weighted by molar-refractivity contribution is 6.30. The molecule has 1 saturated heterocycles. The fraction of sp³-hybridized carbons (Fsp3) is 0.350. The number of halogens is 2. The number of benzene rings is 2. The summed E-state index contributed by atoms with van der Waals surface area (Å²) in [5.41, 5.74) is -0.425. The van der Waals surface area contributed by atoms with Crippen LogP contribution in [0.2, 0.25) is 5.02 Å². The predicted molar refractivity (Wildman–Crippen MR) is 98.1 cm³/mol. The summed E-state index contributed by atoms with van der Waals surface area (Å²) < 4.78 is 18.6. The monoisotopic (exact) mass is 377 g/mol. The van der Waals surface area contributed by atoms with Crippen LogP contribution in [-0.2, 0) is 0 Å². The van der Waals surface area contributed by atoms with Gasteiger partial charge in [0.05, 0.1) is 0 Å². The maximum absolute atomic E-state index is 12.9. The summed E-state index contributed by atoms with van der Waals surface area (Å²) in [4.78, 5) is 14.4. The third-order valence-electron chi connectivity index (χ3n) is 4.62. The van der Waals surface area contributed by atoms with Crippen molar-refractivity contribution in [2.45, 2.75) is 24.9 Å². The first-order valence-electron chi connectivity index (χ1n) is 8.61. The van der Waals surface area contributed by atoms with E-state index in [0.717, 1.165) is 0 Å². The molecule has 26 heavy (non-hydrogen) atoms. The van der Waals surface area contributed by atoms with Crippen molar-refractivity contribution in [3.63, 3.8) is 0 Å². The van der Waals surface area contributed by atoms with Crippen LogP contribution in [0.25, 0.3) is 0 Å². The van der Waals surface area contributed by atoms with Crippen LogP contribution in [0.4, 0.5) is 4.39 Å². The average molecular weight is 378 g/mol. The fourth-order valence-corrected chi connectivity index (χ4v) is 3.18. The van der Waals surface area contributed by atoms with Gasteiger partial charge in [0.2, 0.25) is 0 Å². The van der Waals surface area contributed by atoms with Crippen molar-refractivity contribution in [1.29, 1.82) is 0 Å².